The predicted octanol–water partition coefficient (Wildman–Crippen LogP) is 3.08. The first-order valence-electron chi connectivity index (χ1n) is 13.8. The van der Waals surface area contributed by atoms with Crippen molar-refractivity contribution in [3.63, 3.8) is 0 Å². The summed E-state index contributed by atoms with van der Waals surface area (Å²) >= 11 is 0. The number of fused-ring (bicyclic) bond motifs is 3. The van der Waals surface area contributed by atoms with E-state index < -0.39 is 0 Å². The summed E-state index contributed by atoms with van der Waals surface area (Å²) in [6, 6.07) is 8.94. The van der Waals surface area contributed by atoms with Crippen LogP contribution in [0.2, 0.25) is 0 Å². The summed E-state index contributed by atoms with van der Waals surface area (Å²) in [5, 5.41) is 6.48. The Bertz CT molecular complexity index is 1160. The van der Waals surface area contributed by atoms with Crippen molar-refractivity contribution in [2.24, 2.45) is 0 Å². The lowest BCUT2D eigenvalue weighted by Crippen LogP contribution is -2.50. The Hall–Kier alpha value is -3.13. The fraction of sp³-hybridized carbons (Fsp3) is 0.552. The maximum atomic E-state index is 13.1. The molecule has 2 aromatic rings. The van der Waals surface area contributed by atoms with Gasteiger partial charge in [-0.1, -0.05) is 6.07 Å². The molecule has 0 spiro atoms. The zero-order chi connectivity index (χ0) is 25.5. The molecule has 0 aliphatic carbocycles. The molecule has 0 saturated carbocycles. The quantitative estimate of drug-likeness (QED) is 0.652. The minimum atomic E-state index is -0.0368. The number of pyridine rings is 1. The Labute approximate surface area is 218 Å². The number of nitrogens with zero attached hydrogens (tertiary/aromatic N) is 3. The van der Waals surface area contributed by atoms with Crippen molar-refractivity contribution in [1.29, 1.82) is 0 Å². The van der Waals surface area contributed by atoms with Gasteiger partial charge in [0.1, 0.15) is 11.6 Å². The molecule has 8 nitrogen and oxygen atoms in total. The topological polar surface area (TPSA) is 86.8 Å². The van der Waals surface area contributed by atoms with Crippen molar-refractivity contribution in [3.8, 4) is 5.75 Å². The Morgan fingerprint density at radius 2 is 1.68 bits per heavy atom. The maximum absolute atomic E-state index is 13.1. The van der Waals surface area contributed by atoms with E-state index in [1.165, 1.54) is 5.56 Å². The number of anilines is 1. The molecule has 3 fully saturated rings. The number of piperidine rings is 2. The van der Waals surface area contributed by atoms with Gasteiger partial charge in [-0.05, 0) is 89.3 Å². The van der Waals surface area contributed by atoms with Crippen molar-refractivity contribution in [2.45, 2.75) is 76.0 Å². The molecule has 0 unspecified atom stereocenters. The Balaban J connectivity index is 1.07. The van der Waals surface area contributed by atoms with Gasteiger partial charge < -0.3 is 25.2 Å². The molecule has 3 saturated heterocycles. The molecule has 2 bridgehead atoms. The van der Waals surface area contributed by atoms with Crippen molar-refractivity contribution in [2.75, 3.05) is 31.6 Å². The van der Waals surface area contributed by atoms with Crippen LogP contribution in [0, 0.1) is 6.92 Å². The second-order valence-corrected chi connectivity index (χ2v) is 11.2. The van der Waals surface area contributed by atoms with Crippen LogP contribution in [0.25, 0.3) is 0 Å². The number of aromatic nitrogens is 1. The van der Waals surface area contributed by atoms with Gasteiger partial charge in [0.25, 0.3) is 11.8 Å². The van der Waals surface area contributed by atoms with Gasteiger partial charge in [0.05, 0.1) is 12.2 Å². The van der Waals surface area contributed by atoms with Gasteiger partial charge in [-0.3, -0.25) is 9.59 Å². The minimum absolute atomic E-state index is 0.00764. The van der Waals surface area contributed by atoms with Crippen LogP contribution in [0.4, 0.5) is 5.82 Å². The molecule has 1 aromatic carbocycles. The number of hydrogen-bond acceptors (Lipinski definition) is 6. The first-order valence-corrected chi connectivity index (χ1v) is 13.8. The summed E-state index contributed by atoms with van der Waals surface area (Å²) < 4.78 is 5.76. The number of nitrogens with one attached hydrogen (secondary N) is 2. The van der Waals surface area contributed by atoms with E-state index in [1.807, 2.05) is 31.2 Å². The Morgan fingerprint density at radius 1 is 0.946 bits per heavy atom. The Kier molecular flexibility index (Phi) is 6.53. The molecule has 8 heteroatoms. The third kappa shape index (κ3) is 4.79. The van der Waals surface area contributed by atoms with E-state index in [2.05, 4.69) is 27.5 Å². The number of carbonyl (C=O) groups excluding carboxylic acids is 2. The molecule has 4 aliphatic rings. The molecule has 3 atom stereocenters. The third-order valence-corrected chi connectivity index (χ3v) is 8.75. The first-order chi connectivity index (χ1) is 18.0. The standard InChI is InChI=1S/C29H37N5O3/c1-18-25(7-3-19-11-14-37-27(18)19)29(36)32-22-15-23-5-6-24(16-22)34(23)26-8-4-20(17-30-26)28(35)31-21-9-12-33(2)13-10-21/h3-4,7-8,17,21-24H,5-6,9-16H2,1-2H3,(H,31,35)(H,32,36)/t22-,23+,24-. The molecule has 196 valence electrons. The normalized spacial score (nSPS) is 25.5. The first kappa shape index (κ1) is 24.2. The highest BCUT2D eigenvalue weighted by molar-refractivity contribution is 5.97. The van der Waals surface area contributed by atoms with E-state index in [-0.39, 0.29) is 23.9 Å². The highest BCUT2D eigenvalue weighted by atomic mass is 16.5. The van der Waals surface area contributed by atoms with Crippen molar-refractivity contribution < 1.29 is 14.3 Å². The van der Waals surface area contributed by atoms with Crippen LogP contribution in [0.15, 0.2) is 30.5 Å². The average molecular weight is 504 g/mol. The molecular weight excluding hydrogens is 466 g/mol. The Morgan fingerprint density at radius 3 is 2.38 bits per heavy atom. The summed E-state index contributed by atoms with van der Waals surface area (Å²) in [6.45, 7) is 4.71. The molecule has 5 heterocycles. The molecule has 4 aliphatic heterocycles. The molecule has 2 amide bonds. The lowest BCUT2D eigenvalue weighted by atomic mass is 9.96. The lowest BCUT2D eigenvalue weighted by Gasteiger charge is -2.40. The number of carbonyl (C=O) groups is 2. The fourth-order valence-corrected chi connectivity index (χ4v) is 6.68. The summed E-state index contributed by atoms with van der Waals surface area (Å²) in [6.07, 6.45) is 8.62. The second-order valence-electron chi connectivity index (χ2n) is 11.2. The number of likely N-dealkylation sites (tertiary alicyclic amines) is 1. The zero-order valence-corrected chi connectivity index (χ0v) is 21.8. The highest BCUT2D eigenvalue weighted by Gasteiger charge is 2.42. The van der Waals surface area contributed by atoms with Crippen LogP contribution < -0.4 is 20.3 Å². The SMILES string of the molecule is Cc1c(C(=O)N[C@H]2C[C@H]3CC[C@@H](C2)N3c2ccc(C(=O)NC3CCN(C)CC3)cn2)ccc2c1OCC2. The van der Waals surface area contributed by atoms with Gasteiger partial charge in [-0.2, -0.15) is 0 Å². The molecule has 1 aromatic heterocycles. The number of ether oxygens (including phenoxy) is 1. The van der Waals surface area contributed by atoms with Crippen molar-refractivity contribution in [3.05, 3.63) is 52.7 Å². The zero-order valence-electron chi connectivity index (χ0n) is 21.8. The van der Waals surface area contributed by atoms with Gasteiger partial charge in [-0.25, -0.2) is 4.98 Å². The van der Waals surface area contributed by atoms with Gasteiger partial charge in [0.15, 0.2) is 0 Å². The van der Waals surface area contributed by atoms with E-state index in [1.54, 1.807) is 6.20 Å². The third-order valence-electron chi connectivity index (χ3n) is 8.75. The molecule has 37 heavy (non-hydrogen) atoms. The smallest absolute Gasteiger partial charge is 0.253 e. The minimum Gasteiger partial charge on any atom is -0.493 e. The van der Waals surface area contributed by atoms with E-state index in [4.69, 9.17) is 9.72 Å². The predicted molar refractivity (Wildman–Crippen MR) is 142 cm³/mol. The van der Waals surface area contributed by atoms with Crippen LogP contribution >= 0.6 is 0 Å². The molecular formula is C29H37N5O3. The van der Waals surface area contributed by atoms with Gasteiger partial charge in [0.2, 0.25) is 0 Å². The van der Waals surface area contributed by atoms with Gasteiger partial charge in [0, 0.05) is 47.9 Å². The lowest BCUT2D eigenvalue weighted by molar-refractivity contribution is 0.0912. The summed E-state index contributed by atoms with van der Waals surface area (Å²) in [7, 11) is 2.12. The van der Waals surface area contributed by atoms with Gasteiger partial charge >= 0.3 is 0 Å². The monoisotopic (exact) mass is 503 g/mol. The molecule has 6 rings (SSSR count). The van der Waals surface area contributed by atoms with Crippen molar-refractivity contribution >= 4 is 17.6 Å². The van der Waals surface area contributed by atoms with Gasteiger partial charge in [-0.15, -0.1) is 0 Å². The number of rotatable bonds is 5. The van der Waals surface area contributed by atoms with Crippen LogP contribution in [0.5, 0.6) is 5.75 Å². The average Bonchev–Trinajstić information content (AvgIpc) is 3.48. The largest absolute Gasteiger partial charge is 0.493 e. The number of benzene rings is 1. The van der Waals surface area contributed by atoms with Crippen molar-refractivity contribution in [1.82, 2.24) is 20.5 Å². The van der Waals surface area contributed by atoms with E-state index >= 15 is 0 Å². The van der Waals surface area contributed by atoms with Crippen LogP contribution in [0.1, 0.15) is 70.4 Å². The maximum Gasteiger partial charge on any atom is 0.253 e. The highest BCUT2D eigenvalue weighted by Crippen LogP contribution is 2.39. The molecule has 2 N–H and O–H groups in total. The van der Waals surface area contributed by atoms with E-state index in [9.17, 15) is 9.59 Å². The second kappa shape index (κ2) is 9.97. The van der Waals surface area contributed by atoms with Crippen LogP contribution in [-0.4, -0.2) is 72.6 Å². The van der Waals surface area contributed by atoms with E-state index in [0.717, 1.165) is 75.2 Å². The molecule has 0 radical (unpaired) electrons. The van der Waals surface area contributed by atoms with E-state index in [0.29, 0.717) is 29.8 Å². The number of hydrogen-bond donors (Lipinski definition) is 2. The summed E-state index contributed by atoms with van der Waals surface area (Å²) in [5.41, 5.74) is 3.47. The number of amides is 2. The summed E-state index contributed by atoms with van der Waals surface area (Å²) in [5.74, 6) is 1.77. The van der Waals surface area contributed by atoms with Crippen LogP contribution in [-0.2, 0) is 6.42 Å². The summed E-state index contributed by atoms with van der Waals surface area (Å²) in [4.78, 5) is 35.3. The fourth-order valence-electron chi connectivity index (χ4n) is 6.68. The van der Waals surface area contributed by atoms with Crippen LogP contribution in [0.3, 0.4) is 0 Å².